The number of nitrogens with one attached hydrogen (secondary N) is 1. The highest BCUT2D eigenvalue weighted by molar-refractivity contribution is 9.10. The Labute approximate surface area is 202 Å². The zero-order valence-corrected chi connectivity index (χ0v) is 20.2. The second-order valence-electron chi connectivity index (χ2n) is 7.52. The van der Waals surface area contributed by atoms with Crippen molar-refractivity contribution in [1.29, 1.82) is 0 Å². The number of nitrogens with zero attached hydrogens (tertiary/aromatic N) is 2. The monoisotopic (exact) mass is 513 g/mol. The highest BCUT2D eigenvalue weighted by Gasteiger charge is 2.22. The van der Waals surface area contributed by atoms with Gasteiger partial charge in [0.05, 0.1) is 12.8 Å². The van der Waals surface area contributed by atoms with Crippen molar-refractivity contribution in [1.82, 2.24) is 9.80 Å². The molecule has 3 rings (SSSR count). The van der Waals surface area contributed by atoms with Crippen molar-refractivity contribution in [3.63, 3.8) is 0 Å². The van der Waals surface area contributed by atoms with E-state index in [4.69, 9.17) is 9.15 Å². The molecule has 1 N–H and O–H groups in total. The van der Waals surface area contributed by atoms with E-state index in [1.54, 1.807) is 30.4 Å². The van der Waals surface area contributed by atoms with Gasteiger partial charge in [-0.3, -0.25) is 4.79 Å². The van der Waals surface area contributed by atoms with Crippen LogP contribution >= 0.6 is 15.9 Å². The van der Waals surface area contributed by atoms with Crippen LogP contribution < -0.4 is 5.32 Å². The molecule has 1 aromatic heterocycles. The zero-order valence-electron chi connectivity index (χ0n) is 18.6. The van der Waals surface area contributed by atoms with Crippen LogP contribution in [0.3, 0.4) is 0 Å². The molecule has 0 atom stereocenters. The number of ether oxygens (including phenoxy) is 1. The Morgan fingerprint density at radius 1 is 1.00 bits per heavy atom. The molecule has 1 heterocycles. The van der Waals surface area contributed by atoms with Gasteiger partial charge in [0.25, 0.3) is 0 Å². The number of halogens is 1. The summed E-state index contributed by atoms with van der Waals surface area (Å²) in [7, 11) is 1.61. The maximum absolute atomic E-state index is 13.4. The number of amides is 3. The van der Waals surface area contributed by atoms with E-state index in [2.05, 4.69) is 21.2 Å². The number of rotatable bonds is 11. The van der Waals surface area contributed by atoms with Gasteiger partial charge in [-0.2, -0.15) is 0 Å². The highest BCUT2D eigenvalue weighted by atomic mass is 79.9. The molecule has 3 amide bonds. The Morgan fingerprint density at radius 3 is 2.52 bits per heavy atom. The molecule has 0 bridgehead atoms. The van der Waals surface area contributed by atoms with Crippen LogP contribution in [-0.4, -0.2) is 48.5 Å². The number of benzene rings is 2. The van der Waals surface area contributed by atoms with Gasteiger partial charge in [-0.1, -0.05) is 52.3 Å². The molecule has 0 saturated heterocycles. The third-order valence-corrected chi connectivity index (χ3v) is 5.45. The predicted molar refractivity (Wildman–Crippen MR) is 131 cm³/mol. The molecule has 0 saturated carbocycles. The molecule has 0 aliphatic heterocycles. The van der Waals surface area contributed by atoms with Crippen molar-refractivity contribution >= 4 is 33.6 Å². The van der Waals surface area contributed by atoms with Crippen LogP contribution in [0.25, 0.3) is 0 Å². The van der Waals surface area contributed by atoms with Crippen LogP contribution in [0.1, 0.15) is 17.7 Å². The Bertz CT molecular complexity index is 1010. The summed E-state index contributed by atoms with van der Waals surface area (Å²) < 4.78 is 11.5. The van der Waals surface area contributed by atoms with Gasteiger partial charge >= 0.3 is 6.03 Å². The first-order chi connectivity index (χ1) is 16.0. The quantitative estimate of drug-likeness (QED) is 0.360. The van der Waals surface area contributed by atoms with Gasteiger partial charge < -0.3 is 24.3 Å². The molecule has 0 aliphatic rings. The normalized spacial score (nSPS) is 10.6. The molecule has 2 aromatic carbocycles. The van der Waals surface area contributed by atoms with Crippen LogP contribution in [0, 0.1) is 0 Å². The first-order valence-corrected chi connectivity index (χ1v) is 11.5. The molecule has 0 aliphatic carbocycles. The minimum atomic E-state index is -0.338. The smallest absolute Gasteiger partial charge is 0.322 e. The second-order valence-corrected chi connectivity index (χ2v) is 8.44. The lowest BCUT2D eigenvalue weighted by molar-refractivity contribution is -0.133. The summed E-state index contributed by atoms with van der Waals surface area (Å²) in [5.41, 5.74) is 1.65. The maximum atomic E-state index is 13.4. The zero-order chi connectivity index (χ0) is 23.5. The first-order valence-electron chi connectivity index (χ1n) is 10.7. The average molecular weight is 514 g/mol. The van der Waals surface area contributed by atoms with E-state index in [0.717, 1.165) is 10.0 Å². The number of carbonyl (C=O) groups is 2. The van der Waals surface area contributed by atoms with E-state index in [0.29, 0.717) is 44.1 Å². The molecule has 33 heavy (non-hydrogen) atoms. The van der Waals surface area contributed by atoms with Crippen LogP contribution in [0.5, 0.6) is 0 Å². The third-order valence-electron chi connectivity index (χ3n) is 4.96. The molecule has 0 unspecified atom stereocenters. The molecule has 0 fully saturated rings. The van der Waals surface area contributed by atoms with Crippen molar-refractivity contribution in [2.24, 2.45) is 0 Å². The van der Waals surface area contributed by atoms with Crippen LogP contribution in [0.15, 0.2) is 81.9 Å². The van der Waals surface area contributed by atoms with Gasteiger partial charge in [-0.25, -0.2) is 4.79 Å². The van der Waals surface area contributed by atoms with Gasteiger partial charge in [-0.05, 0) is 42.3 Å². The average Bonchev–Trinajstić information content (AvgIpc) is 3.32. The summed E-state index contributed by atoms with van der Waals surface area (Å²) in [6.07, 6.45) is 2.20. The van der Waals surface area contributed by atoms with Crippen molar-refractivity contribution in [3.05, 3.63) is 88.8 Å². The molecule has 8 heteroatoms. The topological polar surface area (TPSA) is 75.0 Å². The number of urea groups is 1. The lowest BCUT2D eigenvalue weighted by Crippen LogP contribution is -2.44. The molecular weight excluding hydrogens is 486 g/mol. The standard InChI is InChI=1S/C25H28BrN3O4/c1-32-14-7-13-28(25(31)27-22-11-5-10-21(26)16-22)19-24(30)29(18-23-12-6-15-33-23)17-20-8-3-2-4-9-20/h2-6,8-12,15-16H,7,13-14,17-19H2,1H3,(H,27,31). The molecule has 0 spiro atoms. The van der Waals surface area contributed by atoms with Gasteiger partial charge in [0.2, 0.25) is 5.91 Å². The van der Waals surface area contributed by atoms with E-state index in [1.807, 2.05) is 54.6 Å². The fraction of sp³-hybridized carbons (Fsp3) is 0.280. The van der Waals surface area contributed by atoms with Crippen molar-refractivity contribution in [2.45, 2.75) is 19.5 Å². The first kappa shape index (κ1) is 24.5. The summed E-state index contributed by atoms with van der Waals surface area (Å²) >= 11 is 3.41. The van der Waals surface area contributed by atoms with Crippen LogP contribution in [0.4, 0.5) is 10.5 Å². The molecule has 3 aromatic rings. The summed E-state index contributed by atoms with van der Waals surface area (Å²) in [5.74, 6) is 0.515. The Hall–Kier alpha value is -3.10. The maximum Gasteiger partial charge on any atom is 0.322 e. The van der Waals surface area contributed by atoms with Crippen LogP contribution in [0.2, 0.25) is 0 Å². The fourth-order valence-corrected chi connectivity index (χ4v) is 3.71. The van der Waals surface area contributed by atoms with E-state index in [1.165, 1.54) is 4.90 Å². The Kier molecular flexibility index (Phi) is 9.53. The second kappa shape index (κ2) is 12.8. The largest absolute Gasteiger partial charge is 0.467 e. The predicted octanol–water partition coefficient (Wildman–Crippen LogP) is 5.14. The Balaban J connectivity index is 1.73. The SMILES string of the molecule is COCCCN(CC(=O)N(Cc1ccccc1)Cc1ccco1)C(=O)Nc1cccc(Br)c1. The van der Waals surface area contributed by atoms with Gasteiger partial charge in [0, 0.05) is 37.0 Å². The Morgan fingerprint density at radius 2 is 1.82 bits per heavy atom. The molecular formula is C25H28BrN3O4. The van der Waals surface area contributed by atoms with Gasteiger partial charge in [0.1, 0.15) is 12.3 Å². The molecule has 0 radical (unpaired) electrons. The summed E-state index contributed by atoms with van der Waals surface area (Å²) in [4.78, 5) is 29.6. The van der Waals surface area contributed by atoms with E-state index < -0.39 is 0 Å². The third kappa shape index (κ3) is 8.07. The number of hydrogen-bond donors (Lipinski definition) is 1. The van der Waals surface area contributed by atoms with Crippen LogP contribution in [-0.2, 0) is 22.6 Å². The number of methoxy groups -OCH3 is 1. The number of carbonyl (C=O) groups excluding carboxylic acids is 2. The fourth-order valence-electron chi connectivity index (χ4n) is 3.31. The van der Waals surface area contributed by atoms with Gasteiger partial charge in [-0.15, -0.1) is 0 Å². The minimum Gasteiger partial charge on any atom is -0.467 e. The highest BCUT2D eigenvalue weighted by Crippen LogP contribution is 2.17. The van der Waals surface area contributed by atoms with Crippen molar-refractivity contribution in [3.8, 4) is 0 Å². The lowest BCUT2D eigenvalue weighted by atomic mass is 10.2. The van der Waals surface area contributed by atoms with Gasteiger partial charge in [0.15, 0.2) is 0 Å². The number of anilines is 1. The molecule has 174 valence electrons. The number of furan rings is 1. The lowest BCUT2D eigenvalue weighted by Gasteiger charge is -2.27. The molecule has 7 nitrogen and oxygen atoms in total. The van der Waals surface area contributed by atoms with E-state index >= 15 is 0 Å². The minimum absolute atomic E-state index is 0.0584. The van der Waals surface area contributed by atoms with Crippen molar-refractivity contribution < 1.29 is 18.7 Å². The van der Waals surface area contributed by atoms with E-state index in [-0.39, 0.29) is 18.5 Å². The number of hydrogen-bond acceptors (Lipinski definition) is 4. The van der Waals surface area contributed by atoms with Crippen molar-refractivity contribution in [2.75, 3.05) is 32.1 Å². The summed E-state index contributed by atoms with van der Waals surface area (Å²) in [5, 5.41) is 2.88. The summed E-state index contributed by atoms with van der Waals surface area (Å²) in [6.45, 7) is 1.56. The van der Waals surface area contributed by atoms with E-state index in [9.17, 15) is 9.59 Å². The summed E-state index contributed by atoms with van der Waals surface area (Å²) in [6, 6.07) is 20.4.